The molecule has 3 rings (SSSR count). The van der Waals surface area contributed by atoms with E-state index in [1.165, 1.54) is 10.7 Å². The maximum atomic E-state index is 12.1. The van der Waals surface area contributed by atoms with E-state index in [1.807, 2.05) is 11.6 Å². The third kappa shape index (κ3) is 1.24. The molecular weight excluding hydrogens is 220 g/mol. The van der Waals surface area contributed by atoms with Gasteiger partial charge in [0, 0.05) is 25.4 Å². The van der Waals surface area contributed by atoms with Crippen LogP contribution in [0.1, 0.15) is 0 Å². The maximum absolute atomic E-state index is 12.1. The minimum absolute atomic E-state index is 0.173. The first-order valence-electron chi connectivity index (χ1n) is 5.09. The molecule has 6 heteroatoms. The van der Waals surface area contributed by atoms with Crippen LogP contribution >= 0.6 is 0 Å². The number of ether oxygens (including phenoxy) is 1. The average molecular weight is 230 g/mol. The summed E-state index contributed by atoms with van der Waals surface area (Å²) < 4.78 is 8.30. The lowest BCUT2D eigenvalue weighted by Crippen LogP contribution is -2.18. The summed E-state index contributed by atoms with van der Waals surface area (Å²) >= 11 is 0. The average Bonchev–Trinajstić information content (AvgIpc) is 2.85. The standard InChI is InChI=1S/C11H10N4O2/c1-14-8-5-9(17-2)12-6-7(8)11(16)15-10(14)3-4-13-15/h3-6H,1-2H3. The predicted molar refractivity (Wildman–Crippen MR) is 62.3 cm³/mol. The highest BCUT2D eigenvalue weighted by Gasteiger charge is 2.10. The van der Waals surface area contributed by atoms with Crippen LogP contribution in [0.25, 0.3) is 16.6 Å². The second-order valence-electron chi connectivity index (χ2n) is 3.71. The smallest absolute Gasteiger partial charge is 0.283 e. The molecule has 0 atom stereocenters. The molecule has 0 saturated carbocycles. The molecule has 0 fully saturated rings. The lowest BCUT2D eigenvalue weighted by atomic mass is 10.3. The van der Waals surface area contributed by atoms with Crippen molar-refractivity contribution < 1.29 is 4.74 Å². The van der Waals surface area contributed by atoms with Crippen LogP contribution in [0.2, 0.25) is 0 Å². The van der Waals surface area contributed by atoms with E-state index in [1.54, 1.807) is 25.4 Å². The third-order valence-corrected chi connectivity index (χ3v) is 2.82. The summed E-state index contributed by atoms with van der Waals surface area (Å²) in [6, 6.07) is 3.53. The van der Waals surface area contributed by atoms with Crippen LogP contribution in [0.3, 0.4) is 0 Å². The van der Waals surface area contributed by atoms with Crippen molar-refractivity contribution in [3.63, 3.8) is 0 Å². The van der Waals surface area contributed by atoms with E-state index in [-0.39, 0.29) is 5.56 Å². The van der Waals surface area contributed by atoms with Crippen molar-refractivity contribution in [3.8, 4) is 5.88 Å². The monoisotopic (exact) mass is 230 g/mol. The van der Waals surface area contributed by atoms with Crippen molar-refractivity contribution in [1.82, 2.24) is 19.2 Å². The van der Waals surface area contributed by atoms with Crippen molar-refractivity contribution >= 4 is 16.6 Å². The van der Waals surface area contributed by atoms with E-state index < -0.39 is 0 Å². The van der Waals surface area contributed by atoms with Gasteiger partial charge in [-0.15, -0.1) is 0 Å². The molecule has 6 nitrogen and oxygen atoms in total. The van der Waals surface area contributed by atoms with Gasteiger partial charge in [-0.25, -0.2) is 4.98 Å². The lowest BCUT2D eigenvalue weighted by Gasteiger charge is -2.08. The van der Waals surface area contributed by atoms with E-state index in [0.717, 1.165) is 11.2 Å². The van der Waals surface area contributed by atoms with Gasteiger partial charge >= 0.3 is 0 Å². The molecule has 3 aromatic rings. The lowest BCUT2D eigenvalue weighted by molar-refractivity contribution is 0.398. The van der Waals surface area contributed by atoms with Gasteiger partial charge < -0.3 is 9.30 Å². The number of aromatic nitrogens is 4. The molecule has 0 aliphatic carbocycles. The molecule has 86 valence electrons. The number of hydrogen-bond acceptors (Lipinski definition) is 4. The van der Waals surface area contributed by atoms with E-state index in [2.05, 4.69) is 10.1 Å². The zero-order valence-electron chi connectivity index (χ0n) is 9.41. The molecule has 0 saturated heterocycles. The first-order chi connectivity index (χ1) is 8.22. The van der Waals surface area contributed by atoms with E-state index in [9.17, 15) is 4.79 Å². The molecule has 0 aliphatic rings. The molecule has 17 heavy (non-hydrogen) atoms. The van der Waals surface area contributed by atoms with Crippen LogP contribution in [0.4, 0.5) is 0 Å². The Labute approximate surface area is 96.1 Å². The Hall–Kier alpha value is -2.37. The Bertz CT molecular complexity index is 772. The molecule has 0 unspecified atom stereocenters. The maximum Gasteiger partial charge on any atom is 0.283 e. The number of nitrogens with zero attached hydrogens (tertiary/aromatic N) is 4. The molecule has 0 N–H and O–H groups in total. The first-order valence-corrected chi connectivity index (χ1v) is 5.09. The SMILES string of the molecule is COc1cc2c(cn1)c(=O)n1nccc1n2C. The van der Waals surface area contributed by atoms with Gasteiger partial charge in [0.15, 0.2) is 0 Å². The number of aryl methyl sites for hydroxylation is 1. The van der Waals surface area contributed by atoms with Crippen LogP contribution in [-0.4, -0.2) is 26.3 Å². The van der Waals surface area contributed by atoms with Crippen molar-refractivity contribution in [1.29, 1.82) is 0 Å². The van der Waals surface area contributed by atoms with Crippen LogP contribution in [0.5, 0.6) is 5.88 Å². The fourth-order valence-corrected chi connectivity index (χ4v) is 1.92. The zero-order chi connectivity index (χ0) is 12.0. The van der Waals surface area contributed by atoms with E-state index in [4.69, 9.17) is 4.74 Å². The highest BCUT2D eigenvalue weighted by atomic mass is 16.5. The Balaban J connectivity index is 2.59. The van der Waals surface area contributed by atoms with E-state index >= 15 is 0 Å². The van der Waals surface area contributed by atoms with Gasteiger partial charge in [-0.05, 0) is 0 Å². The van der Waals surface area contributed by atoms with Crippen molar-refractivity contribution in [2.45, 2.75) is 0 Å². The predicted octanol–water partition coefficient (Wildman–Crippen LogP) is 0.590. The van der Waals surface area contributed by atoms with Crippen LogP contribution in [0, 0.1) is 0 Å². The van der Waals surface area contributed by atoms with Crippen molar-refractivity contribution in [2.24, 2.45) is 7.05 Å². The number of fused-ring (bicyclic) bond motifs is 2. The Morgan fingerprint density at radius 2 is 2.24 bits per heavy atom. The topological polar surface area (TPSA) is 61.4 Å². The minimum Gasteiger partial charge on any atom is -0.481 e. The number of methoxy groups -OCH3 is 1. The Kier molecular flexibility index (Phi) is 1.91. The van der Waals surface area contributed by atoms with Gasteiger partial charge in [0.05, 0.1) is 24.2 Å². The summed E-state index contributed by atoms with van der Waals surface area (Å²) in [5, 5.41) is 4.51. The summed E-state index contributed by atoms with van der Waals surface area (Å²) in [5.74, 6) is 0.483. The summed E-state index contributed by atoms with van der Waals surface area (Å²) in [5.41, 5.74) is 1.33. The molecule has 0 radical (unpaired) electrons. The van der Waals surface area contributed by atoms with Gasteiger partial charge in [-0.3, -0.25) is 4.79 Å². The van der Waals surface area contributed by atoms with Gasteiger partial charge in [0.25, 0.3) is 5.56 Å². The third-order valence-electron chi connectivity index (χ3n) is 2.82. The van der Waals surface area contributed by atoms with Crippen LogP contribution in [-0.2, 0) is 7.05 Å². The van der Waals surface area contributed by atoms with Crippen molar-refractivity contribution in [3.05, 3.63) is 34.9 Å². The normalized spacial score (nSPS) is 11.2. The zero-order valence-corrected chi connectivity index (χ0v) is 9.41. The second-order valence-corrected chi connectivity index (χ2v) is 3.71. The summed E-state index contributed by atoms with van der Waals surface area (Å²) in [4.78, 5) is 16.1. The van der Waals surface area contributed by atoms with Gasteiger partial charge in [-0.1, -0.05) is 0 Å². The quantitative estimate of drug-likeness (QED) is 0.613. The summed E-state index contributed by atoms with van der Waals surface area (Å²) in [6.07, 6.45) is 3.11. The molecule has 0 bridgehead atoms. The second kappa shape index (κ2) is 3.31. The number of pyridine rings is 1. The first kappa shape index (κ1) is 9.83. The van der Waals surface area contributed by atoms with Crippen LogP contribution in [0.15, 0.2) is 29.3 Å². The molecule has 0 aliphatic heterocycles. The minimum atomic E-state index is -0.173. The number of hydrogen-bond donors (Lipinski definition) is 0. The van der Waals surface area contributed by atoms with E-state index in [0.29, 0.717) is 11.3 Å². The summed E-state index contributed by atoms with van der Waals surface area (Å²) in [6.45, 7) is 0. The molecule has 3 heterocycles. The number of rotatable bonds is 1. The van der Waals surface area contributed by atoms with Gasteiger partial charge in [-0.2, -0.15) is 9.61 Å². The van der Waals surface area contributed by atoms with Gasteiger partial charge in [0.1, 0.15) is 5.65 Å². The molecule has 0 aromatic carbocycles. The highest BCUT2D eigenvalue weighted by molar-refractivity contribution is 5.80. The Morgan fingerprint density at radius 3 is 3.00 bits per heavy atom. The molecule has 0 spiro atoms. The van der Waals surface area contributed by atoms with Crippen molar-refractivity contribution in [2.75, 3.05) is 7.11 Å². The Morgan fingerprint density at radius 1 is 1.41 bits per heavy atom. The highest BCUT2D eigenvalue weighted by Crippen LogP contribution is 2.16. The fourth-order valence-electron chi connectivity index (χ4n) is 1.92. The van der Waals surface area contributed by atoms with Crippen LogP contribution < -0.4 is 10.3 Å². The largest absolute Gasteiger partial charge is 0.481 e. The van der Waals surface area contributed by atoms with Gasteiger partial charge in [0.2, 0.25) is 5.88 Å². The molecular formula is C11H10N4O2. The molecule has 0 amide bonds. The fraction of sp³-hybridized carbons (Fsp3) is 0.182. The molecule has 3 aromatic heterocycles. The summed E-state index contributed by atoms with van der Waals surface area (Å²) in [7, 11) is 3.42.